The highest BCUT2D eigenvalue weighted by Gasteiger charge is 2.35. The first-order valence-electron chi connectivity index (χ1n) is 6.54. The first-order valence-corrected chi connectivity index (χ1v) is 8.27. The Hall–Kier alpha value is -0.400. The number of hydrogen-bond donors (Lipinski definition) is 1. The second kappa shape index (κ2) is 6.68. The van der Waals surface area contributed by atoms with Gasteiger partial charge >= 0.3 is 7.60 Å². The van der Waals surface area contributed by atoms with Crippen molar-refractivity contribution < 1.29 is 13.6 Å². The van der Waals surface area contributed by atoms with E-state index in [-0.39, 0.29) is 6.16 Å². The van der Waals surface area contributed by atoms with Gasteiger partial charge in [0.1, 0.15) is 5.54 Å². The second-order valence-corrected chi connectivity index (χ2v) is 6.97. The standard InChI is InChI=1S/C12H23N2O3P/c1-4-16-18(15,17-5-2)9-8-12(3,10-13)14-11-6-7-11/h11,14H,4-9H2,1-3H3. The number of hydrogen-bond acceptors (Lipinski definition) is 5. The third-order valence-electron chi connectivity index (χ3n) is 2.88. The van der Waals surface area contributed by atoms with Crippen LogP contribution in [0.1, 0.15) is 40.0 Å². The summed E-state index contributed by atoms with van der Waals surface area (Å²) in [4.78, 5) is 0. The molecule has 0 spiro atoms. The van der Waals surface area contributed by atoms with Gasteiger partial charge < -0.3 is 9.05 Å². The molecule has 0 bridgehead atoms. The van der Waals surface area contributed by atoms with Crippen LogP contribution < -0.4 is 5.32 Å². The molecule has 0 saturated heterocycles. The predicted molar refractivity (Wildman–Crippen MR) is 70.5 cm³/mol. The molecule has 1 aliphatic rings. The van der Waals surface area contributed by atoms with E-state index in [1.54, 1.807) is 13.8 Å². The summed E-state index contributed by atoms with van der Waals surface area (Å²) < 4.78 is 22.7. The summed E-state index contributed by atoms with van der Waals surface area (Å²) in [6.45, 7) is 6.13. The van der Waals surface area contributed by atoms with Gasteiger partial charge in [-0.3, -0.25) is 9.88 Å². The predicted octanol–water partition coefficient (Wildman–Crippen LogP) is 2.68. The molecule has 1 rings (SSSR count). The van der Waals surface area contributed by atoms with Crippen molar-refractivity contribution in [3.63, 3.8) is 0 Å². The lowest BCUT2D eigenvalue weighted by Crippen LogP contribution is -2.43. The fourth-order valence-corrected chi connectivity index (χ4v) is 3.60. The topological polar surface area (TPSA) is 71.4 Å². The summed E-state index contributed by atoms with van der Waals surface area (Å²) in [5.41, 5.74) is -0.648. The van der Waals surface area contributed by atoms with Crippen LogP contribution in [0, 0.1) is 11.3 Å². The van der Waals surface area contributed by atoms with Crippen molar-refractivity contribution in [1.29, 1.82) is 5.26 Å². The zero-order valence-corrected chi connectivity index (χ0v) is 12.3. The number of nitrogens with one attached hydrogen (secondary N) is 1. The van der Waals surface area contributed by atoms with Crippen molar-refractivity contribution in [3.05, 3.63) is 0 Å². The second-order valence-electron chi connectivity index (χ2n) is 4.78. The highest BCUT2D eigenvalue weighted by molar-refractivity contribution is 7.53. The summed E-state index contributed by atoms with van der Waals surface area (Å²) in [7, 11) is -3.04. The number of nitriles is 1. The van der Waals surface area contributed by atoms with Gasteiger partial charge in [-0.25, -0.2) is 0 Å². The van der Waals surface area contributed by atoms with Gasteiger partial charge in [0, 0.05) is 6.04 Å². The van der Waals surface area contributed by atoms with E-state index < -0.39 is 13.1 Å². The molecule has 1 unspecified atom stereocenters. The highest BCUT2D eigenvalue weighted by Crippen LogP contribution is 2.49. The summed E-state index contributed by atoms with van der Waals surface area (Å²) in [5, 5.41) is 12.5. The minimum atomic E-state index is -3.04. The molecule has 1 atom stereocenters. The average Bonchev–Trinajstić information content (AvgIpc) is 3.11. The Labute approximate surface area is 109 Å². The Bertz CT molecular complexity index is 342. The molecule has 0 heterocycles. The molecule has 0 aromatic carbocycles. The molecule has 0 aliphatic heterocycles. The maximum absolute atomic E-state index is 12.3. The molecular formula is C12H23N2O3P. The van der Waals surface area contributed by atoms with Gasteiger partial charge in [-0.1, -0.05) is 0 Å². The van der Waals surface area contributed by atoms with E-state index >= 15 is 0 Å². The Balaban J connectivity index is 2.53. The lowest BCUT2D eigenvalue weighted by atomic mass is 10.0. The zero-order chi connectivity index (χ0) is 13.6. The Morgan fingerprint density at radius 2 is 1.94 bits per heavy atom. The molecule has 104 valence electrons. The number of nitrogens with zero attached hydrogens (tertiary/aromatic N) is 1. The smallest absolute Gasteiger partial charge is 0.309 e. The number of rotatable bonds is 9. The van der Waals surface area contributed by atoms with E-state index in [9.17, 15) is 9.83 Å². The molecular weight excluding hydrogens is 251 g/mol. The van der Waals surface area contributed by atoms with E-state index in [2.05, 4.69) is 11.4 Å². The molecule has 5 nitrogen and oxygen atoms in total. The van der Waals surface area contributed by atoms with Gasteiger partial charge in [0.25, 0.3) is 0 Å². The molecule has 0 aromatic rings. The first-order chi connectivity index (χ1) is 8.47. The van der Waals surface area contributed by atoms with Crippen molar-refractivity contribution in [2.45, 2.75) is 51.6 Å². The van der Waals surface area contributed by atoms with Gasteiger partial charge in [-0.15, -0.1) is 0 Å². The minimum Gasteiger partial charge on any atom is -0.309 e. The quantitative estimate of drug-likeness (QED) is 0.654. The SMILES string of the molecule is CCOP(=O)(CCC(C)(C#N)NC1CC1)OCC. The van der Waals surface area contributed by atoms with Crippen LogP contribution in [0.3, 0.4) is 0 Å². The Kier molecular flexibility index (Phi) is 5.81. The molecule has 1 fully saturated rings. The fourth-order valence-electron chi connectivity index (χ4n) is 1.76. The largest absolute Gasteiger partial charge is 0.330 e. The van der Waals surface area contributed by atoms with E-state index in [0.29, 0.717) is 25.7 Å². The van der Waals surface area contributed by atoms with Gasteiger partial charge in [0.15, 0.2) is 0 Å². The summed E-state index contributed by atoms with van der Waals surface area (Å²) >= 11 is 0. The Morgan fingerprint density at radius 3 is 2.33 bits per heavy atom. The Morgan fingerprint density at radius 1 is 1.39 bits per heavy atom. The third-order valence-corrected chi connectivity index (χ3v) is 4.96. The van der Waals surface area contributed by atoms with E-state index in [0.717, 1.165) is 12.8 Å². The summed E-state index contributed by atoms with van der Waals surface area (Å²) in [5.74, 6) is 0. The average molecular weight is 274 g/mol. The maximum atomic E-state index is 12.3. The van der Waals surface area contributed by atoms with E-state index in [1.807, 2.05) is 6.92 Å². The van der Waals surface area contributed by atoms with Crippen molar-refractivity contribution in [2.24, 2.45) is 0 Å². The van der Waals surface area contributed by atoms with Crippen LogP contribution in [0.15, 0.2) is 0 Å². The van der Waals surface area contributed by atoms with Crippen LogP contribution in [0.5, 0.6) is 0 Å². The lowest BCUT2D eigenvalue weighted by molar-refractivity contribution is 0.217. The van der Waals surface area contributed by atoms with Crippen molar-refractivity contribution in [1.82, 2.24) is 5.32 Å². The van der Waals surface area contributed by atoms with Crippen molar-refractivity contribution >= 4 is 7.60 Å². The molecule has 0 aromatic heterocycles. The molecule has 6 heteroatoms. The van der Waals surface area contributed by atoms with E-state index in [4.69, 9.17) is 9.05 Å². The van der Waals surface area contributed by atoms with Crippen LogP contribution in [-0.2, 0) is 13.6 Å². The zero-order valence-electron chi connectivity index (χ0n) is 11.4. The normalized spacial score (nSPS) is 19.2. The molecule has 1 saturated carbocycles. The maximum Gasteiger partial charge on any atom is 0.330 e. The highest BCUT2D eigenvalue weighted by atomic mass is 31.2. The van der Waals surface area contributed by atoms with Crippen LogP contribution in [-0.4, -0.2) is 31.0 Å². The fraction of sp³-hybridized carbons (Fsp3) is 0.917. The summed E-state index contributed by atoms with van der Waals surface area (Å²) in [6, 6.07) is 2.70. The first kappa shape index (κ1) is 15.7. The molecule has 1 aliphatic carbocycles. The molecule has 18 heavy (non-hydrogen) atoms. The minimum absolute atomic E-state index is 0.276. The third kappa shape index (κ3) is 5.07. The lowest BCUT2D eigenvalue weighted by Gasteiger charge is -2.25. The van der Waals surface area contributed by atoms with Gasteiger partial charge in [-0.05, 0) is 40.0 Å². The molecule has 0 radical (unpaired) electrons. The molecule has 1 N–H and O–H groups in total. The van der Waals surface area contributed by atoms with Crippen LogP contribution in [0.4, 0.5) is 0 Å². The van der Waals surface area contributed by atoms with Crippen LogP contribution >= 0.6 is 7.60 Å². The van der Waals surface area contributed by atoms with Crippen molar-refractivity contribution in [3.8, 4) is 6.07 Å². The van der Waals surface area contributed by atoms with Gasteiger partial charge in [0.05, 0.1) is 25.4 Å². The van der Waals surface area contributed by atoms with Gasteiger partial charge in [-0.2, -0.15) is 5.26 Å². The van der Waals surface area contributed by atoms with Crippen molar-refractivity contribution in [2.75, 3.05) is 19.4 Å². The van der Waals surface area contributed by atoms with E-state index in [1.165, 1.54) is 0 Å². The summed E-state index contributed by atoms with van der Waals surface area (Å²) in [6.07, 6.45) is 2.98. The van der Waals surface area contributed by atoms with Crippen LogP contribution in [0.25, 0.3) is 0 Å². The monoisotopic (exact) mass is 274 g/mol. The molecule has 0 amide bonds. The van der Waals surface area contributed by atoms with Gasteiger partial charge in [0.2, 0.25) is 0 Å². The van der Waals surface area contributed by atoms with Crippen LogP contribution in [0.2, 0.25) is 0 Å².